The lowest BCUT2D eigenvalue weighted by atomic mass is 10.1. The van der Waals surface area contributed by atoms with Crippen LogP contribution in [0.5, 0.6) is 5.75 Å². The maximum Gasteiger partial charge on any atom is 0.416 e. The third-order valence-electron chi connectivity index (χ3n) is 5.15. The van der Waals surface area contributed by atoms with E-state index >= 15 is 0 Å². The first-order valence-corrected chi connectivity index (χ1v) is 11.7. The largest absolute Gasteiger partial charge is 0.484 e. The number of rotatable bonds is 5. The van der Waals surface area contributed by atoms with Gasteiger partial charge in [-0.1, -0.05) is 17.6 Å². The fourth-order valence-electron chi connectivity index (χ4n) is 3.49. The fourth-order valence-corrected chi connectivity index (χ4v) is 4.93. The number of hydrogen-bond donors (Lipinski definition) is 2. The molecule has 2 radical (unpaired) electrons. The predicted molar refractivity (Wildman–Crippen MR) is 115 cm³/mol. The molecule has 0 aliphatic carbocycles. The molecule has 0 saturated carbocycles. The number of hydrogen-bond acceptors (Lipinski definition) is 4. The smallest absolute Gasteiger partial charge is 0.416 e. The highest BCUT2D eigenvalue weighted by Gasteiger charge is 2.31. The number of aromatic nitrogens is 2. The molecule has 2 aromatic heterocycles. The number of amides is 1. The van der Waals surface area contributed by atoms with E-state index in [1.165, 1.54) is 18.3 Å². The molecule has 1 amide bonds. The highest BCUT2D eigenvalue weighted by molar-refractivity contribution is 6.38. The molecule has 1 saturated heterocycles. The Balaban J connectivity index is 1.32. The molecular formula is C21H19ClF4N4O2Si. The van der Waals surface area contributed by atoms with Crippen molar-refractivity contribution in [2.75, 3.05) is 13.2 Å². The van der Waals surface area contributed by atoms with E-state index in [4.69, 9.17) is 16.3 Å². The Kier molecular flexibility index (Phi) is 6.91. The molecule has 3 heterocycles. The van der Waals surface area contributed by atoms with Gasteiger partial charge in [-0.2, -0.15) is 13.2 Å². The molecule has 1 aromatic carbocycles. The van der Waals surface area contributed by atoms with Crippen LogP contribution in [0.4, 0.5) is 17.6 Å². The Morgan fingerprint density at radius 2 is 2.15 bits per heavy atom. The van der Waals surface area contributed by atoms with E-state index < -0.39 is 17.6 Å². The molecular weight excluding hydrogens is 480 g/mol. The minimum atomic E-state index is -4.42. The monoisotopic (exact) mass is 498 g/mol. The van der Waals surface area contributed by atoms with Gasteiger partial charge in [0.1, 0.15) is 17.2 Å². The summed E-state index contributed by atoms with van der Waals surface area (Å²) in [5.41, 5.74) is 0.0175. The van der Waals surface area contributed by atoms with Gasteiger partial charge in [-0.3, -0.25) is 4.79 Å². The standard InChI is InChI=1S/C21H19ClF4N4O2Si/c22-14-2-1-13(8-15(14)23)32-11-19(31)29-20-9-27-16(4-6-33-20)17-10-30-5-3-12(21(24,25)26)7-18(30)28-17/h1-3,5,7-8,10,16,20,27H,4,6,9,11H2,(H,29,31). The van der Waals surface area contributed by atoms with Crippen molar-refractivity contribution in [1.82, 2.24) is 20.0 Å². The third-order valence-corrected chi connectivity index (χ3v) is 6.88. The molecule has 2 atom stereocenters. The lowest BCUT2D eigenvalue weighted by Gasteiger charge is -2.18. The maximum atomic E-state index is 13.5. The Morgan fingerprint density at radius 1 is 1.33 bits per heavy atom. The van der Waals surface area contributed by atoms with Gasteiger partial charge in [0.15, 0.2) is 6.61 Å². The molecule has 12 heteroatoms. The molecule has 33 heavy (non-hydrogen) atoms. The van der Waals surface area contributed by atoms with Gasteiger partial charge in [-0.15, -0.1) is 0 Å². The Morgan fingerprint density at radius 3 is 2.91 bits per heavy atom. The molecule has 0 spiro atoms. The minimum absolute atomic E-state index is 0.0292. The van der Waals surface area contributed by atoms with Crippen molar-refractivity contribution in [3.63, 3.8) is 0 Å². The summed E-state index contributed by atoms with van der Waals surface area (Å²) in [6, 6.07) is 6.66. The summed E-state index contributed by atoms with van der Waals surface area (Å²) in [6.45, 7) is 0.214. The number of imidazole rings is 1. The highest BCUT2D eigenvalue weighted by Crippen LogP contribution is 2.30. The van der Waals surface area contributed by atoms with E-state index in [1.54, 1.807) is 10.6 Å². The van der Waals surface area contributed by atoms with Crippen LogP contribution in [0, 0.1) is 5.82 Å². The molecule has 174 valence electrons. The van der Waals surface area contributed by atoms with E-state index in [-0.39, 0.29) is 40.6 Å². The normalized spacial score (nSPS) is 19.3. The number of benzene rings is 1. The zero-order valence-electron chi connectivity index (χ0n) is 17.1. The molecule has 2 unspecified atom stereocenters. The lowest BCUT2D eigenvalue weighted by molar-refractivity contribution is -0.137. The second-order valence-electron chi connectivity index (χ2n) is 7.53. The quantitative estimate of drug-likeness (QED) is 0.414. The fraction of sp³-hybridized carbons (Fsp3) is 0.333. The maximum absolute atomic E-state index is 13.5. The Labute approximate surface area is 194 Å². The SMILES string of the molecule is O=C(COc1ccc(Cl)c(F)c1)NC1CNC(c2cn3ccc(C(F)(F)F)cc3n2)CC[Si]1. The summed E-state index contributed by atoms with van der Waals surface area (Å²) >= 11 is 5.62. The van der Waals surface area contributed by atoms with Crippen LogP contribution in [0.15, 0.2) is 42.7 Å². The van der Waals surface area contributed by atoms with Crippen LogP contribution < -0.4 is 15.4 Å². The van der Waals surface area contributed by atoms with Gasteiger partial charge < -0.3 is 19.8 Å². The van der Waals surface area contributed by atoms with Gasteiger partial charge in [0.2, 0.25) is 0 Å². The van der Waals surface area contributed by atoms with Crippen LogP contribution in [-0.2, 0) is 11.0 Å². The summed E-state index contributed by atoms with van der Waals surface area (Å²) in [5.74, 6) is -0.763. The summed E-state index contributed by atoms with van der Waals surface area (Å²) in [5, 5.41) is 6.20. The van der Waals surface area contributed by atoms with E-state index in [1.807, 2.05) is 0 Å². The number of fused-ring (bicyclic) bond motifs is 1. The van der Waals surface area contributed by atoms with Crippen LogP contribution >= 0.6 is 11.6 Å². The molecule has 0 bridgehead atoms. The van der Waals surface area contributed by atoms with E-state index in [9.17, 15) is 22.4 Å². The number of nitrogens with one attached hydrogen (secondary N) is 2. The number of ether oxygens (including phenoxy) is 1. The van der Waals surface area contributed by atoms with Crippen molar-refractivity contribution in [2.45, 2.75) is 30.3 Å². The number of halogens is 5. The van der Waals surface area contributed by atoms with Crippen molar-refractivity contribution in [1.29, 1.82) is 0 Å². The van der Waals surface area contributed by atoms with Crippen LogP contribution in [0.1, 0.15) is 23.7 Å². The first-order valence-electron chi connectivity index (χ1n) is 10.1. The highest BCUT2D eigenvalue weighted by atomic mass is 35.5. The van der Waals surface area contributed by atoms with Crippen molar-refractivity contribution in [2.24, 2.45) is 0 Å². The zero-order chi connectivity index (χ0) is 23.6. The second kappa shape index (κ2) is 9.70. The van der Waals surface area contributed by atoms with E-state index in [0.717, 1.165) is 30.7 Å². The first-order chi connectivity index (χ1) is 15.7. The Bertz CT molecular complexity index is 1160. The number of alkyl halides is 3. The van der Waals surface area contributed by atoms with Gasteiger partial charge in [0.05, 0.1) is 31.8 Å². The van der Waals surface area contributed by atoms with Crippen molar-refractivity contribution in [3.05, 3.63) is 64.8 Å². The molecule has 1 aliphatic heterocycles. The van der Waals surface area contributed by atoms with E-state index in [2.05, 4.69) is 15.6 Å². The summed E-state index contributed by atoms with van der Waals surface area (Å²) in [7, 11) is 0.445. The Hall–Kier alpha value is -2.63. The van der Waals surface area contributed by atoms with Gasteiger partial charge in [0, 0.05) is 30.7 Å². The number of carbonyl (C=O) groups excluding carboxylic acids is 1. The summed E-state index contributed by atoms with van der Waals surface area (Å²) in [6.07, 6.45) is -0.620. The number of nitrogens with zero attached hydrogens (tertiary/aromatic N) is 2. The van der Waals surface area contributed by atoms with Crippen LogP contribution in [0.3, 0.4) is 0 Å². The molecule has 1 aliphatic rings. The van der Waals surface area contributed by atoms with Crippen LogP contribution in [0.2, 0.25) is 11.1 Å². The molecule has 4 rings (SSSR count). The van der Waals surface area contributed by atoms with Crippen LogP contribution in [-0.4, -0.2) is 43.6 Å². The lowest BCUT2D eigenvalue weighted by Crippen LogP contribution is -2.46. The van der Waals surface area contributed by atoms with Crippen molar-refractivity contribution in [3.8, 4) is 5.75 Å². The summed E-state index contributed by atoms with van der Waals surface area (Å²) in [4.78, 5) is 16.6. The molecule has 2 N–H and O–H groups in total. The molecule has 6 nitrogen and oxygen atoms in total. The van der Waals surface area contributed by atoms with Gasteiger partial charge in [0.25, 0.3) is 5.91 Å². The third kappa shape index (κ3) is 5.84. The molecule has 1 fully saturated rings. The first kappa shape index (κ1) is 23.5. The van der Waals surface area contributed by atoms with Gasteiger partial charge >= 0.3 is 6.18 Å². The van der Waals surface area contributed by atoms with Crippen molar-refractivity contribution < 1.29 is 27.1 Å². The van der Waals surface area contributed by atoms with E-state index in [0.29, 0.717) is 21.8 Å². The zero-order valence-corrected chi connectivity index (χ0v) is 18.9. The average Bonchev–Trinajstić information content (AvgIpc) is 3.05. The average molecular weight is 499 g/mol. The number of pyridine rings is 1. The van der Waals surface area contributed by atoms with Gasteiger partial charge in [-0.25, -0.2) is 9.37 Å². The minimum Gasteiger partial charge on any atom is -0.484 e. The summed E-state index contributed by atoms with van der Waals surface area (Å²) < 4.78 is 59.2. The topological polar surface area (TPSA) is 67.7 Å². The molecule has 3 aromatic rings. The second-order valence-corrected chi connectivity index (χ2v) is 9.55. The van der Waals surface area contributed by atoms with Crippen LogP contribution in [0.25, 0.3) is 5.65 Å². The predicted octanol–water partition coefficient (Wildman–Crippen LogP) is 3.82. The van der Waals surface area contributed by atoms with Crippen molar-refractivity contribution >= 4 is 32.7 Å². The van der Waals surface area contributed by atoms with Gasteiger partial charge in [-0.05, 0) is 30.7 Å². The number of carbonyl (C=O) groups is 1.